The van der Waals surface area contributed by atoms with Gasteiger partial charge in [-0.15, -0.1) is 0 Å². The second-order valence-corrected chi connectivity index (χ2v) is 8.89. The zero-order valence-corrected chi connectivity index (χ0v) is 17.4. The van der Waals surface area contributed by atoms with Gasteiger partial charge in [-0.3, -0.25) is 4.79 Å². The normalized spacial score (nSPS) is 16.3. The summed E-state index contributed by atoms with van der Waals surface area (Å²) in [5.74, 6) is -0.253. The van der Waals surface area contributed by atoms with Crippen molar-refractivity contribution in [3.8, 4) is 5.75 Å². The molecule has 0 saturated carbocycles. The first-order valence-corrected chi connectivity index (χ1v) is 11.1. The predicted molar refractivity (Wildman–Crippen MR) is 109 cm³/mol. The van der Waals surface area contributed by atoms with E-state index in [-0.39, 0.29) is 28.2 Å². The minimum atomic E-state index is -3.71. The zero-order chi connectivity index (χ0) is 21.0. The van der Waals surface area contributed by atoms with Crippen molar-refractivity contribution in [1.29, 1.82) is 0 Å². The number of aromatic hydroxyl groups is 1. The highest BCUT2D eigenvalue weighted by atomic mass is 32.2. The molecule has 3 rings (SSSR count). The summed E-state index contributed by atoms with van der Waals surface area (Å²) in [5.41, 5.74) is 1.71. The number of sulfonamides is 1. The highest BCUT2D eigenvalue weighted by Gasteiger charge is 2.29. The lowest BCUT2D eigenvalue weighted by Gasteiger charge is -2.27. The van der Waals surface area contributed by atoms with E-state index >= 15 is 0 Å². The average molecular weight is 419 g/mol. The van der Waals surface area contributed by atoms with Gasteiger partial charge in [0.1, 0.15) is 5.75 Å². The van der Waals surface area contributed by atoms with Gasteiger partial charge in [-0.1, -0.05) is 25.1 Å². The summed E-state index contributed by atoms with van der Waals surface area (Å²) < 4.78 is 32.9. The van der Waals surface area contributed by atoms with Crippen LogP contribution in [0.25, 0.3) is 0 Å². The molecule has 1 amide bonds. The van der Waals surface area contributed by atoms with Gasteiger partial charge in [-0.25, -0.2) is 8.42 Å². The van der Waals surface area contributed by atoms with Crippen molar-refractivity contribution in [3.63, 3.8) is 0 Å². The molecule has 156 valence electrons. The quantitative estimate of drug-likeness (QED) is 0.751. The summed E-state index contributed by atoms with van der Waals surface area (Å²) in [6.45, 7) is 5.02. The molecule has 1 heterocycles. The predicted octanol–water partition coefficient (Wildman–Crippen LogP) is 2.47. The van der Waals surface area contributed by atoms with Crippen LogP contribution in [0.4, 0.5) is 0 Å². The Morgan fingerprint density at radius 2 is 1.93 bits per heavy atom. The largest absolute Gasteiger partial charge is 0.508 e. The summed E-state index contributed by atoms with van der Waals surface area (Å²) >= 11 is 0. The highest BCUT2D eigenvalue weighted by Crippen LogP contribution is 2.24. The molecular weight excluding hydrogens is 392 g/mol. The van der Waals surface area contributed by atoms with Gasteiger partial charge in [0.2, 0.25) is 10.0 Å². The Balaban J connectivity index is 1.86. The van der Waals surface area contributed by atoms with Crippen molar-refractivity contribution in [3.05, 3.63) is 59.2 Å². The van der Waals surface area contributed by atoms with Crippen molar-refractivity contribution in [2.75, 3.05) is 26.3 Å². The number of rotatable bonds is 6. The van der Waals surface area contributed by atoms with Gasteiger partial charge < -0.3 is 15.2 Å². The second kappa shape index (κ2) is 8.94. The lowest BCUT2D eigenvalue weighted by Crippen LogP contribution is -2.41. The van der Waals surface area contributed by atoms with Crippen LogP contribution in [-0.4, -0.2) is 50.0 Å². The van der Waals surface area contributed by atoms with Crippen LogP contribution in [-0.2, 0) is 21.2 Å². The molecule has 1 saturated heterocycles. The molecule has 7 nitrogen and oxygen atoms in total. The fourth-order valence-electron chi connectivity index (χ4n) is 3.31. The van der Waals surface area contributed by atoms with Crippen molar-refractivity contribution in [1.82, 2.24) is 9.62 Å². The Morgan fingerprint density at radius 3 is 2.59 bits per heavy atom. The first kappa shape index (κ1) is 21.3. The molecule has 2 N–H and O–H groups in total. The fourth-order valence-corrected chi connectivity index (χ4v) is 5.04. The van der Waals surface area contributed by atoms with E-state index in [1.165, 1.54) is 10.4 Å². The van der Waals surface area contributed by atoms with Gasteiger partial charge in [0.05, 0.1) is 24.2 Å². The Labute approximate surface area is 171 Å². The number of nitrogens with zero attached hydrogens (tertiary/aromatic N) is 1. The summed E-state index contributed by atoms with van der Waals surface area (Å²) in [7, 11) is -3.71. The standard InChI is InChI=1S/C21H26N2O5S/c1-3-16-7-8-18(14-20(16)29(26,27)23-9-11-28-12-10-23)21(25)22-15(2)17-5-4-6-19(24)13-17/h4-8,13-15,24H,3,9-12H2,1-2H3,(H,22,25). The van der Waals surface area contributed by atoms with E-state index in [0.717, 1.165) is 5.56 Å². The maximum absolute atomic E-state index is 13.1. The van der Waals surface area contributed by atoms with Crippen LogP contribution in [0.1, 0.15) is 41.4 Å². The molecule has 8 heteroatoms. The first-order valence-electron chi connectivity index (χ1n) is 9.63. The van der Waals surface area contributed by atoms with E-state index in [9.17, 15) is 18.3 Å². The number of hydrogen-bond acceptors (Lipinski definition) is 5. The number of nitrogens with one attached hydrogen (secondary N) is 1. The van der Waals surface area contributed by atoms with E-state index in [4.69, 9.17) is 4.74 Å². The average Bonchev–Trinajstić information content (AvgIpc) is 2.73. The van der Waals surface area contributed by atoms with Gasteiger partial charge in [0.15, 0.2) is 0 Å². The Kier molecular flexibility index (Phi) is 6.56. The van der Waals surface area contributed by atoms with Crippen LogP contribution in [0.5, 0.6) is 5.75 Å². The number of benzene rings is 2. The maximum atomic E-state index is 13.1. The minimum absolute atomic E-state index is 0.120. The van der Waals surface area contributed by atoms with Crippen LogP contribution in [0.15, 0.2) is 47.4 Å². The second-order valence-electron chi connectivity index (χ2n) is 6.98. The van der Waals surface area contributed by atoms with Gasteiger partial charge in [0.25, 0.3) is 5.91 Å². The third kappa shape index (κ3) is 4.77. The third-order valence-electron chi connectivity index (χ3n) is 5.02. The number of phenols is 1. The van der Waals surface area contributed by atoms with Crippen LogP contribution < -0.4 is 5.32 Å². The molecular formula is C21H26N2O5S. The molecule has 0 spiro atoms. The molecule has 0 aromatic heterocycles. The van der Waals surface area contributed by atoms with Gasteiger partial charge in [-0.05, 0) is 48.7 Å². The molecule has 0 aliphatic carbocycles. The number of phenolic OH excluding ortho intramolecular Hbond substituents is 1. The Morgan fingerprint density at radius 1 is 1.21 bits per heavy atom. The number of hydrogen-bond donors (Lipinski definition) is 2. The van der Waals surface area contributed by atoms with E-state index in [1.807, 2.05) is 6.92 Å². The maximum Gasteiger partial charge on any atom is 0.251 e. The number of carbonyl (C=O) groups is 1. The molecule has 1 aliphatic rings. The van der Waals surface area contributed by atoms with E-state index in [2.05, 4.69) is 5.32 Å². The molecule has 1 fully saturated rings. The Bertz CT molecular complexity index is 984. The molecule has 2 aromatic rings. The van der Waals surface area contributed by atoms with Gasteiger partial charge in [0, 0.05) is 18.7 Å². The first-order chi connectivity index (χ1) is 13.8. The SMILES string of the molecule is CCc1ccc(C(=O)NC(C)c2cccc(O)c2)cc1S(=O)(=O)N1CCOCC1. The van der Waals surface area contributed by atoms with Crippen molar-refractivity contribution < 1.29 is 23.1 Å². The lowest BCUT2D eigenvalue weighted by atomic mass is 10.1. The topological polar surface area (TPSA) is 95.9 Å². The monoisotopic (exact) mass is 418 g/mol. The fraction of sp³-hybridized carbons (Fsp3) is 0.381. The summed E-state index contributed by atoms with van der Waals surface area (Å²) in [6, 6.07) is 11.1. The number of morpholine rings is 1. The lowest BCUT2D eigenvalue weighted by molar-refractivity contribution is 0.0730. The van der Waals surface area contributed by atoms with Crippen LogP contribution >= 0.6 is 0 Å². The number of carbonyl (C=O) groups excluding carboxylic acids is 1. The summed E-state index contributed by atoms with van der Waals surface area (Å²) in [6.07, 6.45) is 0.542. The molecule has 1 unspecified atom stereocenters. The summed E-state index contributed by atoms with van der Waals surface area (Å²) in [4.78, 5) is 12.9. The number of ether oxygens (including phenoxy) is 1. The number of aryl methyl sites for hydroxylation is 1. The van der Waals surface area contributed by atoms with Crippen LogP contribution in [0.2, 0.25) is 0 Å². The van der Waals surface area contributed by atoms with Crippen molar-refractivity contribution in [2.24, 2.45) is 0 Å². The minimum Gasteiger partial charge on any atom is -0.508 e. The summed E-state index contributed by atoms with van der Waals surface area (Å²) in [5, 5.41) is 12.5. The van der Waals surface area contributed by atoms with E-state index < -0.39 is 10.0 Å². The van der Waals surface area contributed by atoms with Crippen molar-refractivity contribution in [2.45, 2.75) is 31.2 Å². The van der Waals surface area contributed by atoms with E-state index in [1.54, 1.807) is 43.3 Å². The molecule has 1 atom stereocenters. The van der Waals surface area contributed by atoms with E-state index in [0.29, 0.717) is 38.3 Å². The van der Waals surface area contributed by atoms with Crippen molar-refractivity contribution >= 4 is 15.9 Å². The molecule has 0 radical (unpaired) electrons. The van der Waals surface area contributed by atoms with Gasteiger partial charge >= 0.3 is 0 Å². The Hall–Kier alpha value is -2.42. The molecule has 0 bridgehead atoms. The van der Waals surface area contributed by atoms with Gasteiger partial charge in [-0.2, -0.15) is 4.31 Å². The molecule has 2 aromatic carbocycles. The molecule has 1 aliphatic heterocycles. The third-order valence-corrected chi connectivity index (χ3v) is 7.00. The zero-order valence-electron chi connectivity index (χ0n) is 16.6. The highest BCUT2D eigenvalue weighted by molar-refractivity contribution is 7.89. The number of amides is 1. The smallest absolute Gasteiger partial charge is 0.251 e. The van der Waals surface area contributed by atoms with Crippen LogP contribution in [0.3, 0.4) is 0 Å². The van der Waals surface area contributed by atoms with Crippen LogP contribution in [0, 0.1) is 0 Å². The molecule has 29 heavy (non-hydrogen) atoms.